The van der Waals surface area contributed by atoms with Crippen LogP contribution in [0, 0.1) is 0 Å². The molecule has 1 heterocycles. The lowest BCUT2D eigenvalue weighted by atomic mass is 10.3. The number of para-hydroxylation sites is 2. The third-order valence-electron chi connectivity index (χ3n) is 3.39. The lowest BCUT2D eigenvalue weighted by molar-refractivity contribution is 0.414. The maximum Gasteiger partial charge on any atom is 0.181 e. The largest absolute Gasteiger partial charge is 0.497 e. The minimum Gasteiger partial charge on any atom is -0.497 e. The summed E-state index contributed by atoms with van der Waals surface area (Å²) in [7, 11) is 3.26. The number of anilines is 1. The highest BCUT2D eigenvalue weighted by molar-refractivity contribution is 5.60. The topological polar surface area (TPSA) is 74.1 Å². The number of hydrogen-bond acceptors (Lipinski definition) is 6. The van der Waals surface area contributed by atoms with Crippen molar-refractivity contribution in [2.24, 2.45) is 0 Å². The van der Waals surface area contributed by atoms with Crippen molar-refractivity contribution in [3.63, 3.8) is 0 Å². The molecule has 122 valence electrons. The quantitative estimate of drug-likeness (QED) is 0.752. The lowest BCUT2D eigenvalue weighted by Gasteiger charge is -2.07. The van der Waals surface area contributed by atoms with E-state index < -0.39 is 0 Å². The molecule has 0 aliphatic rings. The Balaban J connectivity index is 1.77. The van der Waals surface area contributed by atoms with Gasteiger partial charge in [0.15, 0.2) is 5.82 Å². The van der Waals surface area contributed by atoms with Crippen LogP contribution in [-0.4, -0.2) is 34.4 Å². The van der Waals surface area contributed by atoms with Crippen LogP contribution in [0.3, 0.4) is 0 Å². The molecule has 0 atom stereocenters. The molecule has 0 unspecified atom stereocenters. The average Bonchev–Trinajstić information content (AvgIpc) is 3.10. The molecule has 1 N–H and O–H groups in total. The fourth-order valence-electron chi connectivity index (χ4n) is 2.18. The van der Waals surface area contributed by atoms with Crippen LogP contribution in [-0.2, 0) is 0 Å². The Morgan fingerprint density at radius 3 is 2.54 bits per heavy atom. The van der Waals surface area contributed by atoms with Gasteiger partial charge < -0.3 is 14.8 Å². The monoisotopic (exact) mass is 323 g/mol. The van der Waals surface area contributed by atoms with Gasteiger partial charge >= 0.3 is 0 Å². The molecule has 3 aromatic rings. The summed E-state index contributed by atoms with van der Waals surface area (Å²) in [5.41, 5.74) is 1.71. The minimum atomic E-state index is 0.600. The Bertz CT molecular complexity index is 827. The summed E-state index contributed by atoms with van der Waals surface area (Å²) in [5.74, 6) is 2.14. The SMILES string of the molecule is COc1ccc(-n2nnnc2/C=C\Nc2ccccc2OC)cc1. The second-order valence-electron chi connectivity index (χ2n) is 4.82. The molecule has 0 fully saturated rings. The number of nitrogens with zero attached hydrogens (tertiary/aromatic N) is 4. The van der Waals surface area contributed by atoms with Crippen molar-refractivity contribution in [1.82, 2.24) is 20.2 Å². The summed E-state index contributed by atoms with van der Waals surface area (Å²) in [6.07, 6.45) is 3.56. The van der Waals surface area contributed by atoms with Crippen molar-refractivity contribution in [3.8, 4) is 17.2 Å². The van der Waals surface area contributed by atoms with Crippen LogP contribution in [0.4, 0.5) is 5.69 Å². The predicted octanol–water partition coefficient (Wildman–Crippen LogP) is 2.76. The molecule has 3 rings (SSSR count). The molecule has 0 aliphatic heterocycles. The van der Waals surface area contributed by atoms with Gasteiger partial charge in [-0.1, -0.05) is 12.1 Å². The molecule has 2 aromatic carbocycles. The van der Waals surface area contributed by atoms with E-state index in [4.69, 9.17) is 9.47 Å². The lowest BCUT2D eigenvalue weighted by Crippen LogP contribution is -2.00. The van der Waals surface area contributed by atoms with Crippen molar-refractivity contribution >= 4 is 11.8 Å². The summed E-state index contributed by atoms with van der Waals surface area (Å²) < 4.78 is 12.1. The van der Waals surface area contributed by atoms with E-state index in [-0.39, 0.29) is 0 Å². The Labute approximate surface area is 139 Å². The molecule has 0 spiro atoms. The van der Waals surface area contributed by atoms with Crippen LogP contribution < -0.4 is 14.8 Å². The number of tetrazole rings is 1. The van der Waals surface area contributed by atoms with Gasteiger partial charge in [-0.15, -0.1) is 5.10 Å². The van der Waals surface area contributed by atoms with Gasteiger partial charge in [-0.05, 0) is 46.8 Å². The van der Waals surface area contributed by atoms with Crippen molar-refractivity contribution in [2.45, 2.75) is 0 Å². The van der Waals surface area contributed by atoms with Crippen LogP contribution in [0.15, 0.2) is 54.7 Å². The van der Waals surface area contributed by atoms with E-state index in [2.05, 4.69) is 20.8 Å². The number of nitrogens with one attached hydrogen (secondary N) is 1. The molecule has 0 bridgehead atoms. The average molecular weight is 323 g/mol. The zero-order valence-corrected chi connectivity index (χ0v) is 13.4. The van der Waals surface area contributed by atoms with Crippen LogP contribution in [0.5, 0.6) is 11.5 Å². The normalized spacial score (nSPS) is 10.8. The minimum absolute atomic E-state index is 0.600. The van der Waals surface area contributed by atoms with E-state index in [1.54, 1.807) is 31.2 Å². The van der Waals surface area contributed by atoms with Gasteiger partial charge in [0.1, 0.15) is 11.5 Å². The van der Waals surface area contributed by atoms with Crippen LogP contribution in [0.2, 0.25) is 0 Å². The molecule has 7 nitrogen and oxygen atoms in total. The Morgan fingerprint density at radius 2 is 1.79 bits per heavy atom. The summed E-state index contributed by atoms with van der Waals surface area (Å²) in [5, 5.41) is 14.9. The van der Waals surface area contributed by atoms with Gasteiger partial charge in [0.05, 0.1) is 25.6 Å². The van der Waals surface area contributed by atoms with E-state index in [0.29, 0.717) is 5.82 Å². The molecule has 0 saturated carbocycles. The molecule has 0 radical (unpaired) electrons. The molecule has 7 heteroatoms. The van der Waals surface area contributed by atoms with E-state index in [1.807, 2.05) is 48.5 Å². The van der Waals surface area contributed by atoms with Crippen LogP contribution in [0.25, 0.3) is 11.8 Å². The molecular formula is C17H17N5O2. The molecular weight excluding hydrogens is 306 g/mol. The number of rotatable bonds is 6. The van der Waals surface area contributed by atoms with Crippen molar-refractivity contribution in [3.05, 3.63) is 60.6 Å². The Kier molecular flexibility index (Phi) is 4.71. The Hall–Kier alpha value is -3.35. The van der Waals surface area contributed by atoms with Gasteiger partial charge in [-0.3, -0.25) is 0 Å². The van der Waals surface area contributed by atoms with Crippen molar-refractivity contribution in [2.75, 3.05) is 19.5 Å². The fourth-order valence-corrected chi connectivity index (χ4v) is 2.18. The summed E-state index contributed by atoms with van der Waals surface area (Å²) >= 11 is 0. The zero-order valence-electron chi connectivity index (χ0n) is 13.4. The highest BCUT2D eigenvalue weighted by Crippen LogP contribution is 2.23. The van der Waals surface area contributed by atoms with E-state index in [9.17, 15) is 0 Å². The summed E-state index contributed by atoms with van der Waals surface area (Å²) in [6, 6.07) is 15.2. The molecule has 0 saturated heterocycles. The van der Waals surface area contributed by atoms with Crippen LogP contribution in [0.1, 0.15) is 5.82 Å². The van der Waals surface area contributed by atoms with Gasteiger partial charge in [0.25, 0.3) is 0 Å². The molecule has 1 aromatic heterocycles. The summed E-state index contributed by atoms with van der Waals surface area (Å²) in [4.78, 5) is 0. The number of ether oxygens (including phenoxy) is 2. The zero-order chi connectivity index (χ0) is 16.8. The number of benzene rings is 2. The van der Waals surface area contributed by atoms with Gasteiger partial charge in [0.2, 0.25) is 0 Å². The van der Waals surface area contributed by atoms with E-state index in [0.717, 1.165) is 22.9 Å². The second-order valence-corrected chi connectivity index (χ2v) is 4.82. The van der Waals surface area contributed by atoms with Crippen LogP contribution >= 0.6 is 0 Å². The second kappa shape index (κ2) is 7.28. The molecule has 24 heavy (non-hydrogen) atoms. The first-order valence-corrected chi connectivity index (χ1v) is 7.30. The first kappa shape index (κ1) is 15.5. The molecule has 0 aliphatic carbocycles. The van der Waals surface area contributed by atoms with Gasteiger partial charge in [0, 0.05) is 12.3 Å². The summed E-state index contributed by atoms with van der Waals surface area (Å²) in [6.45, 7) is 0. The van der Waals surface area contributed by atoms with Crippen molar-refractivity contribution < 1.29 is 9.47 Å². The van der Waals surface area contributed by atoms with Gasteiger partial charge in [-0.2, -0.15) is 4.68 Å². The van der Waals surface area contributed by atoms with Crippen molar-refractivity contribution in [1.29, 1.82) is 0 Å². The highest BCUT2D eigenvalue weighted by Gasteiger charge is 2.05. The fraction of sp³-hybridized carbons (Fsp3) is 0.118. The maximum absolute atomic E-state index is 5.29. The number of methoxy groups -OCH3 is 2. The standard InChI is InChI=1S/C17H17N5O2/c1-23-14-9-7-13(8-10-14)22-17(19-20-21-22)11-12-18-15-5-3-4-6-16(15)24-2/h3-12,18H,1-2H3/b12-11-. The van der Waals surface area contributed by atoms with E-state index >= 15 is 0 Å². The molecule has 0 amide bonds. The first-order valence-electron chi connectivity index (χ1n) is 7.30. The number of hydrogen-bond donors (Lipinski definition) is 1. The first-order chi connectivity index (χ1) is 11.8. The van der Waals surface area contributed by atoms with Gasteiger partial charge in [-0.25, -0.2) is 0 Å². The maximum atomic E-state index is 5.29. The third kappa shape index (κ3) is 3.35. The Morgan fingerprint density at radius 1 is 1.00 bits per heavy atom. The highest BCUT2D eigenvalue weighted by atomic mass is 16.5. The third-order valence-corrected chi connectivity index (χ3v) is 3.39. The van der Waals surface area contributed by atoms with E-state index in [1.165, 1.54) is 0 Å². The smallest absolute Gasteiger partial charge is 0.181 e. The predicted molar refractivity (Wildman–Crippen MR) is 91.4 cm³/mol. The number of aromatic nitrogens is 4.